The Bertz CT molecular complexity index is 514. The molecule has 4 heteroatoms. The van der Waals surface area contributed by atoms with Gasteiger partial charge in [0.2, 0.25) is 5.95 Å². The molecule has 0 amide bonds. The highest BCUT2D eigenvalue weighted by molar-refractivity contribution is 5.28. The zero-order chi connectivity index (χ0) is 13.6. The van der Waals surface area contributed by atoms with Gasteiger partial charge in [0, 0.05) is 37.4 Å². The summed E-state index contributed by atoms with van der Waals surface area (Å²) in [5.74, 6) is 1.01. The lowest BCUT2D eigenvalue weighted by Gasteiger charge is -2.23. The second-order valence-electron chi connectivity index (χ2n) is 5.53. The number of imidazole rings is 1. The number of aryl methyl sites for hydroxylation is 2. The van der Waals surface area contributed by atoms with E-state index in [4.69, 9.17) is 0 Å². The lowest BCUT2D eigenvalue weighted by atomic mass is 9.96. The van der Waals surface area contributed by atoms with E-state index in [9.17, 15) is 0 Å². The Morgan fingerprint density at radius 2 is 2.10 bits per heavy atom. The summed E-state index contributed by atoms with van der Waals surface area (Å²) in [7, 11) is 0. The fourth-order valence-corrected chi connectivity index (χ4v) is 2.85. The summed E-state index contributed by atoms with van der Waals surface area (Å²) in [6, 6.07) is 4.71. The van der Waals surface area contributed by atoms with Crippen LogP contribution in [0.25, 0.3) is 0 Å². The number of aromatic nitrogens is 3. The first-order valence-electron chi connectivity index (χ1n) is 7.58. The number of rotatable bonds is 5. The molecule has 0 bridgehead atoms. The maximum Gasteiger partial charge on any atom is 0.202 e. The van der Waals surface area contributed by atoms with Crippen molar-refractivity contribution < 1.29 is 0 Å². The van der Waals surface area contributed by atoms with E-state index in [1.54, 1.807) is 0 Å². The molecule has 0 saturated heterocycles. The Kier molecular flexibility index (Phi) is 4.31. The lowest BCUT2D eigenvalue weighted by molar-refractivity contribution is 0.459. The van der Waals surface area contributed by atoms with Crippen molar-refractivity contribution in [3.8, 4) is 0 Å². The maximum atomic E-state index is 4.46. The predicted molar refractivity (Wildman–Crippen MR) is 80.7 cm³/mol. The quantitative estimate of drug-likeness (QED) is 0.906. The van der Waals surface area contributed by atoms with Gasteiger partial charge in [-0.3, -0.25) is 4.98 Å². The molecule has 1 aliphatic carbocycles. The molecular formula is C16H22N4. The van der Waals surface area contributed by atoms with Crippen LogP contribution in [0.5, 0.6) is 0 Å². The highest BCUT2D eigenvalue weighted by Gasteiger charge is 2.14. The van der Waals surface area contributed by atoms with Crippen LogP contribution in [0.15, 0.2) is 36.9 Å². The normalized spacial score (nSPS) is 16.2. The molecule has 4 nitrogen and oxygen atoms in total. The average Bonchev–Trinajstić information content (AvgIpc) is 2.94. The van der Waals surface area contributed by atoms with Crippen molar-refractivity contribution in [1.82, 2.24) is 14.5 Å². The Balaban J connectivity index is 1.58. The first kappa shape index (κ1) is 13.2. The van der Waals surface area contributed by atoms with Gasteiger partial charge in [-0.1, -0.05) is 25.3 Å². The Morgan fingerprint density at radius 1 is 1.20 bits per heavy atom. The van der Waals surface area contributed by atoms with Gasteiger partial charge in [0.15, 0.2) is 0 Å². The molecule has 1 fully saturated rings. The fraction of sp³-hybridized carbons (Fsp3) is 0.500. The van der Waals surface area contributed by atoms with Crippen LogP contribution in [-0.4, -0.2) is 20.6 Å². The van der Waals surface area contributed by atoms with Crippen molar-refractivity contribution in [2.45, 2.75) is 51.1 Å². The summed E-state index contributed by atoms with van der Waals surface area (Å²) in [6.07, 6.45) is 15.3. The number of hydrogen-bond acceptors (Lipinski definition) is 3. The van der Waals surface area contributed by atoms with E-state index < -0.39 is 0 Å². The molecule has 0 aromatic carbocycles. The number of nitrogens with zero attached hydrogens (tertiary/aromatic N) is 3. The number of pyridine rings is 1. The molecule has 2 aromatic heterocycles. The van der Waals surface area contributed by atoms with Crippen LogP contribution in [0.2, 0.25) is 0 Å². The van der Waals surface area contributed by atoms with Crippen LogP contribution in [0.4, 0.5) is 5.95 Å². The molecule has 20 heavy (non-hydrogen) atoms. The zero-order valence-electron chi connectivity index (χ0n) is 11.8. The van der Waals surface area contributed by atoms with Gasteiger partial charge in [-0.25, -0.2) is 4.98 Å². The summed E-state index contributed by atoms with van der Waals surface area (Å²) in [5, 5.41) is 3.60. The van der Waals surface area contributed by atoms with E-state index in [1.807, 2.05) is 24.7 Å². The van der Waals surface area contributed by atoms with E-state index in [0.29, 0.717) is 6.04 Å². The molecule has 3 rings (SSSR count). The Morgan fingerprint density at radius 3 is 2.90 bits per heavy atom. The first-order valence-corrected chi connectivity index (χ1v) is 7.58. The second-order valence-corrected chi connectivity index (χ2v) is 5.53. The fourth-order valence-electron chi connectivity index (χ4n) is 2.85. The molecule has 1 aliphatic rings. The molecular weight excluding hydrogens is 248 g/mol. The predicted octanol–water partition coefficient (Wildman–Crippen LogP) is 3.27. The lowest BCUT2D eigenvalue weighted by Crippen LogP contribution is -2.24. The molecule has 1 saturated carbocycles. The molecule has 2 aromatic rings. The number of hydrogen-bond donors (Lipinski definition) is 1. The molecule has 0 radical (unpaired) electrons. The van der Waals surface area contributed by atoms with Gasteiger partial charge in [0.1, 0.15) is 0 Å². The van der Waals surface area contributed by atoms with Crippen LogP contribution < -0.4 is 5.32 Å². The van der Waals surface area contributed by atoms with E-state index in [0.717, 1.165) is 18.9 Å². The average molecular weight is 270 g/mol. The van der Waals surface area contributed by atoms with Crippen molar-refractivity contribution in [3.05, 3.63) is 42.5 Å². The van der Waals surface area contributed by atoms with Crippen molar-refractivity contribution in [2.24, 2.45) is 0 Å². The van der Waals surface area contributed by atoms with Crippen molar-refractivity contribution in [1.29, 1.82) is 0 Å². The van der Waals surface area contributed by atoms with Crippen LogP contribution in [-0.2, 0) is 13.0 Å². The van der Waals surface area contributed by atoms with Gasteiger partial charge < -0.3 is 9.88 Å². The molecule has 0 atom stereocenters. The van der Waals surface area contributed by atoms with E-state index >= 15 is 0 Å². The maximum absolute atomic E-state index is 4.46. The molecule has 2 heterocycles. The Hall–Kier alpha value is -1.84. The molecule has 1 N–H and O–H groups in total. The smallest absolute Gasteiger partial charge is 0.202 e. The third-order valence-electron chi connectivity index (χ3n) is 4.02. The number of anilines is 1. The van der Waals surface area contributed by atoms with Crippen molar-refractivity contribution >= 4 is 5.95 Å². The van der Waals surface area contributed by atoms with Gasteiger partial charge in [-0.05, 0) is 30.9 Å². The summed E-state index contributed by atoms with van der Waals surface area (Å²) in [4.78, 5) is 8.62. The minimum atomic E-state index is 0.600. The summed E-state index contributed by atoms with van der Waals surface area (Å²) in [6.45, 7) is 0.945. The topological polar surface area (TPSA) is 42.7 Å². The second kappa shape index (κ2) is 6.55. The SMILES string of the molecule is c1cncc(CCn2ccnc2NC2CCCCC2)c1. The van der Waals surface area contributed by atoms with Crippen LogP contribution >= 0.6 is 0 Å². The highest BCUT2D eigenvalue weighted by Crippen LogP contribution is 2.21. The zero-order valence-corrected chi connectivity index (χ0v) is 11.8. The van der Waals surface area contributed by atoms with Crippen molar-refractivity contribution in [3.63, 3.8) is 0 Å². The largest absolute Gasteiger partial charge is 0.353 e. The molecule has 0 unspecified atom stereocenters. The minimum Gasteiger partial charge on any atom is -0.353 e. The standard InChI is InChI=1S/C16H22N4/c1-2-6-15(7-3-1)19-16-18-10-12-20(16)11-8-14-5-4-9-17-13-14/h4-5,9-10,12-13,15H,1-3,6-8,11H2,(H,18,19). The van der Waals surface area contributed by atoms with Crippen LogP contribution in [0, 0.1) is 0 Å². The third-order valence-corrected chi connectivity index (χ3v) is 4.02. The van der Waals surface area contributed by atoms with E-state index in [1.165, 1.54) is 37.7 Å². The first-order chi connectivity index (χ1) is 9.92. The van der Waals surface area contributed by atoms with Gasteiger partial charge in [0.25, 0.3) is 0 Å². The van der Waals surface area contributed by atoms with Gasteiger partial charge >= 0.3 is 0 Å². The third kappa shape index (κ3) is 3.38. The van der Waals surface area contributed by atoms with E-state index in [-0.39, 0.29) is 0 Å². The minimum absolute atomic E-state index is 0.600. The van der Waals surface area contributed by atoms with E-state index in [2.05, 4.69) is 32.1 Å². The molecule has 0 aliphatic heterocycles. The monoisotopic (exact) mass is 270 g/mol. The summed E-state index contributed by atoms with van der Waals surface area (Å²) >= 11 is 0. The van der Waals surface area contributed by atoms with Crippen LogP contribution in [0.1, 0.15) is 37.7 Å². The summed E-state index contributed by atoms with van der Waals surface area (Å²) < 4.78 is 2.21. The van der Waals surface area contributed by atoms with Gasteiger partial charge in [-0.15, -0.1) is 0 Å². The number of nitrogens with one attached hydrogen (secondary N) is 1. The van der Waals surface area contributed by atoms with Gasteiger partial charge in [0.05, 0.1) is 0 Å². The molecule has 106 valence electrons. The van der Waals surface area contributed by atoms with Crippen molar-refractivity contribution in [2.75, 3.05) is 5.32 Å². The Labute approximate surface area is 120 Å². The van der Waals surface area contributed by atoms with Crippen LogP contribution in [0.3, 0.4) is 0 Å². The van der Waals surface area contributed by atoms with Gasteiger partial charge in [-0.2, -0.15) is 0 Å². The molecule has 0 spiro atoms. The summed E-state index contributed by atoms with van der Waals surface area (Å²) in [5.41, 5.74) is 1.27. The highest BCUT2D eigenvalue weighted by atomic mass is 15.2.